The molecule has 1 heterocycles. The Morgan fingerprint density at radius 3 is 2.57 bits per heavy atom. The van der Waals surface area contributed by atoms with Crippen LogP contribution in [0, 0.1) is 0 Å². The second kappa shape index (κ2) is 9.09. The summed E-state index contributed by atoms with van der Waals surface area (Å²) < 4.78 is 5.21. The average Bonchev–Trinajstić information content (AvgIpc) is 2.49. The Kier molecular flexibility index (Phi) is 7.81. The van der Waals surface area contributed by atoms with Gasteiger partial charge in [0.15, 0.2) is 5.96 Å². The molecule has 1 unspecified atom stereocenters. The van der Waals surface area contributed by atoms with E-state index in [9.17, 15) is 0 Å². The third kappa shape index (κ3) is 5.35. The molecule has 0 aromatic heterocycles. The zero-order valence-corrected chi connectivity index (χ0v) is 15.3. The molecule has 0 aliphatic carbocycles. The summed E-state index contributed by atoms with van der Waals surface area (Å²) in [6.45, 7) is 2.73. The molecule has 5 nitrogen and oxygen atoms in total. The van der Waals surface area contributed by atoms with E-state index >= 15 is 0 Å². The molecular weight excluding hydrogens is 379 g/mol. The molecule has 0 amide bonds. The maximum absolute atomic E-state index is 5.21. The summed E-state index contributed by atoms with van der Waals surface area (Å²) in [6.07, 6.45) is 1.11. The van der Waals surface area contributed by atoms with Crippen molar-refractivity contribution in [2.75, 3.05) is 40.8 Å². The molecule has 1 aliphatic rings. The van der Waals surface area contributed by atoms with Crippen molar-refractivity contribution in [3.63, 3.8) is 0 Å². The molecule has 1 atom stereocenters. The predicted molar refractivity (Wildman–Crippen MR) is 97.8 cm³/mol. The third-order valence-electron chi connectivity index (χ3n) is 3.48. The van der Waals surface area contributed by atoms with Crippen molar-refractivity contribution < 1.29 is 4.74 Å². The van der Waals surface area contributed by atoms with Crippen molar-refractivity contribution in [3.8, 4) is 5.75 Å². The molecule has 2 rings (SSSR count). The molecule has 0 radical (unpaired) electrons. The van der Waals surface area contributed by atoms with E-state index in [1.165, 1.54) is 5.56 Å². The van der Waals surface area contributed by atoms with Crippen molar-refractivity contribution >= 4 is 29.9 Å². The van der Waals surface area contributed by atoms with Gasteiger partial charge in [0.05, 0.1) is 13.2 Å². The topological polar surface area (TPSA) is 48.9 Å². The van der Waals surface area contributed by atoms with Gasteiger partial charge in [0.2, 0.25) is 0 Å². The molecule has 0 fully saturated rings. The van der Waals surface area contributed by atoms with Gasteiger partial charge in [0, 0.05) is 19.6 Å². The smallest absolute Gasteiger partial charge is 0.191 e. The lowest BCUT2D eigenvalue weighted by Gasteiger charge is -2.27. The van der Waals surface area contributed by atoms with Crippen LogP contribution in [-0.2, 0) is 0 Å². The molecule has 1 aromatic carbocycles. The van der Waals surface area contributed by atoms with Gasteiger partial charge in [-0.2, -0.15) is 0 Å². The number of halogens is 1. The number of guanidine groups is 1. The maximum Gasteiger partial charge on any atom is 0.191 e. The van der Waals surface area contributed by atoms with E-state index in [2.05, 4.69) is 46.8 Å². The molecule has 0 bridgehead atoms. The standard InChI is InChI=1S/C15H24N4O.HI/c1-19(2)14(11-18-15-16-9-4-10-17-15)12-5-7-13(20-3)8-6-12;/h5-8,14H,4,9-11H2,1-3H3,(H2,16,17,18);1H. The Morgan fingerprint density at radius 1 is 1.33 bits per heavy atom. The summed E-state index contributed by atoms with van der Waals surface area (Å²) in [4.78, 5) is 6.64. The number of methoxy groups -OCH3 is 1. The van der Waals surface area contributed by atoms with Crippen LogP contribution in [0.4, 0.5) is 0 Å². The average molecular weight is 404 g/mol. The van der Waals surface area contributed by atoms with Crippen molar-refractivity contribution in [1.82, 2.24) is 15.5 Å². The minimum Gasteiger partial charge on any atom is -0.497 e. The van der Waals surface area contributed by atoms with Crippen molar-refractivity contribution in [3.05, 3.63) is 29.8 Å². The largest absolute Gasteiger partial charge is 0.497 e. The van der Waals surface area contributed by atoms with Gasteiger partial charge in [-0.3, -0.25) is 4.99 Å². The van der Waals surface area contributed by atoms with Crippen LogP contribution in [0.25, 0.3) is 0 Å². The molecule has 21 heavy (non-hydrogen) atoms. The Bertz CT molecular complexity index is 447. The summed E-state index contributed by atoms with van der Waals surface area (Å²) >= 11 is 0. The van der Waals surface area contributed by atoms with Crippen molar-refractivity contribution in [1.29, 1.82) is 0 Å². The van der Waals surface area contributed by atoms with Crippen LogP contribution >= 0.6 is 24.0 Å². The van der Waals surface area contributed by atoms with E-state index in [1.54, 1.807) is 7.11 Å². The molecule has 118 valence electrons. The highest BCUT2D eigenvalue weighted by molar-refractivity contribution is 14.0. The number of aliphatic imine (C=N–C) groups is 1. The van der Waals surface area contributed by atoms with Crippen molar-refractivity contribution in [2.24, 2.45) is 4.99 Å². The molecule has 6 heteroatoms. The summed E-state index contributed by atoms with van der Waals surface area (Å²) in [5.74, 6) is 1.80. The van der Waals surface area contributed by atoms with Crippen molar-refractivity contribution in [2.45, 2.75) is 12.5 Å². The second-order valence-electron chi connectivity index (χ2n) is 5.14. The normalized spacial score (nSPS) is 15.5. The highest BCUT2D eigenvalue weighted by atomic mass is 127. The summed E-state index contributed by atoms with van der Waals surface area (Å²) in [7, 11) is 5.87. The predicted octanol–water partition coefficient (Wildman–Crippen LogP) is 1.85. The summed E-state index contributed by atoms with van der Waals surface area (Å²) in [5.41, 5.74) is 1.26. The number of benzene rings is 1. The highest BCUT2D eigenvalue weighted by Gasteiger charge is 2.15. The van der Waals surface area contributed by atoms with E-state index in [1.807, 2.05) is 12.1 Å². The highest BCUT2D eigenvalue weighted by Crippen LogP contribution is 2.20. The molecule has 0 spiro atoms. The maximum atomic E-state index is 5.21. The first kappa shape index (κ1) is 18.0. The van der Waals surface area contributed by atoms with E-state index in [0.29, 0.717) is 6.04 Å². The van der Waals surface area contributed by atoms with Crippen LogP contribution in [0.5, 0.6) is 5.75 Å². The first-order valence-corrected chi connectivity index (χ1v) is 7.03. The molecule has 0 saturated carbocycles. The van der Waals surface area contributed by atoms with Crippen LogP contribution < -0.4 is 15.4 Å². The number of hydrogen-bond donors (Lipinski definition) is 2. The van der Waals surface area contributed by atoms with E-state index < -0.39 is 0 Å². The third-order valence-corrected chi connectivity index (χ3v) is 3.48. The summed E-state index contributed by atoms with van der Waals surface area (Å²) in [6, 6.07) is 8.53. The Morgan fingerprint density at radius 2 is 2.05 bits per heavy atom. The lowest BCUT2D eigenvalue weighted by atomic mass is 10.1. The number of hydrogen-bond acceptors (Lipinski definition) is 5. The van der Waals surface area contributed by atoms with Gasteiger partial charge in [0.1, 0.15) is 5.75 Å². The second-order valence-corrected chi connectivity index (χ2v) is 5.14. The number of nitrogens with zero attached hydrogens (tertiary/aromatic N) is 2. The summed E-state index contributed by atoms with van der Waals surface area (Å²) in [5, 5.41) is 6.68. The SMILES string of the molecule is COc1ccc(C(CNC2=NCCCN2)N(C)C)cc1.I. The van der Waals surface area contributed by atoms with Gasteiger partial charge in [-0.25, -0.2) is 0 Å². The van der Waals surface area contributed by atoms with Crippen LogP contribution in [0.3, 0.4) is 0 Å². The lowest BCUT2D eigenvalue weighted by molar-refractivity contribution is 0.297. The first-order chi connectivity index (χ1) is 9.70. The lowest BCUT2D eigenvalue weighted by Crippen LogP contribution is -2.44. The fourth-order valence-electron chi connectivity index (χ4n) is 2.27. The quantitative estimate of drug-likeness (QED) is 0.736. The van der Waals surface area contributed by atoms with E-state index in [0.717, 1.165) is 37.8 Å². The Hall–Kier alpha value is -1.02. The molecule has 0 saturated heterocycles. The zero-order valence-electron chi connectivity index (χ0n) is 12.9. The molecule has 1 aliphatic heterocycles. The minimum atomic E-state index is 0. The van der Waals surface area contributed by atoms with Crippen LogP contribution in [0.15, 0.2) is 29.3 Å². The van der Waals surface area contributed by atoms with Crippen LogP contribution in [-0.4, -0.2) is 51.7 Å². The van der Waals surface area contributed by atoms with Crippen LogP contribution in [0.1, 0.15) is 18.0 Å². The fourth-order valence-corrected chi connectivity index (χ4v) is 2.27. The monoisotopic (exact) mass is 404 g/mol. The van der Waals surface area contributed by atoms with Crippen LogP contribution in [0.2, 0.25) is 0 Å². The number of rotatable bonds is 5. The van der Waals surface area contributed by atoms with Gasteiger partial charge in [-0.1, -0.05) is 12.1 Å². The van der Waals surface area contributed by atoms with E-state index in [-0.39, 0.29) is 24.0 Å². The van der Waals surface area contributed by atoms with Gasteiger partial charge < -0.3 is 20.3 Å². The number of likely N-dealkylation sites (N-methyl/N-ethyl adjacent to an activating group) is 1. The molecule has 2 N–H and O–H groups in total. The number of ether oxygens (including phenoxy) is 1. The Balaban J connectivity index is 0.00000220. The van der Waals surface area contributed by atoms with Gasteiger partial charge >= 0.3 is 0 Å². The van der Waals surface area contributed by atoms with Gasteiger partial charge in [-0.05, 0) is 38.2 Å². The first-order valence-electron chi connectivity index (χ1n) is 7.03. The van der Waals surface area contributed by atoms with Gasteiger partial charge in [-0.15, -0.1) is 24.0 Å². The van der Waals surface area contributed by atoms with E-state index in [4.69, 9.17) is 4.74 Å². The fraction of sp³-hybridized carbons (Fsp3) is 0.533. The molecule has 1 aromatic rings. The molecular formula is C15H25IN4O. The van der Waals surface area contributed by atoms with Gasteiger partial charge in [0.25, 0.3) is 0 Å². The Labute approximate surface area is 144 Å². The minimum absolute atomic E-state index is 0. The number of nitrogens with one attached hydrogen (secondary N) is 2. The zero-order chi connectivity index (χ0) is 14.4.